The lowest BCUT2D eigenvalue weighted by atomic mass is 10.1. The highest BCUT2D eigenvalue weighted by Crippen LogP contribution is 2.15. The van der Waals surface area contributed by atoms with Gasteiger partial charge in [0.2, 0.25) is 0 Å². The summed E-state index contributed by atoms with van der Waals surface area (Å²) in [6.07, 6.45) is 1.87. The molecule has 1 heteroatoms. The minimum absolute atomic E-state index is 0.809. The van der Waals surface area contributed by atoms with Crippen LogP contribution in [0.25, 0.3) is 0 Å². The fourth-order valence-electron chi connectivity index (χ4n) is 2.55. The number of benzene rings is 3. The Morgan fingerprint density at radius 2 is 1.29 bits per heavy atom. The van der Waals surface area contributed by atoms with Crippen molar-refractivity contribution < 1.29 is 0 Å². The molecule has 0 heterocycles. The first-order valence-corrected chi connectivity index (χ1v) is 8.31. The predicted octanol–water partition coefficient (Wildman–Crippen LogP) is 5.28. The minimum Gasteiger partial charge on any atom is -0.380 e. The summed E-state index contributed by atoms with van der Waals surface area (Å²) < 4.78 is 0. The molecule has 0 aliphatic heterocycles. The quantitative estimate of drug-likeness (QED) is 0.632. The summed E-state index contributed by atoms with van der Waals surface area (Å²) in [6.45, 7) is 0.809. The number of anilines is 1. The summed E-state index contributed by atoms with van der Waals surface area (Å²) in [4.78, 5) is 0. The molecule has 3 aromatic carbocycles. The van der Waals surface area contributed by atoms with Gasteiger partial charge in [0.15, 0.2) is 0 Å². The second-order valence-electron chi connectivity index (χ2n) is 5.67. The van der Waals surface area contributed by atoms with Gasteiger partial charge in [0.05, 0.1) is 5.69 Å². The maximum absolute atomic E-state index is 3.49. The normalized spacial score (nSPS) is 9.83. The van der Waals surface area contributed by atoms with Crippen molar-refractivity contribution in [3.63, 3.8) is 0 Å². The van der Waals surface area contributed by atoms with Crippen molar-refractivity contribution in [3.8, 4) is 11.8 Å². The summed E-state index contributed by atoms with van der Waals surface area (Å²) >= 11 is 0. The lowest BCUT2D eigenvalue weighted by molar-refractivity contribution is 1.03. The van der Waals surface area contributed by atoms with Crippen LogP contribution in [0.2, 0.25) is 0 Å². The van der Waals surface area contributed by atoms with Crippen molar-refractivity contribution in [1.82, 2.24) is 0 Å². The van der Waals surface area contributed by atoms with E-state index in [1.807, 2.05) is 24.3 Å². The molecule has 24 heavy (non-hydrogen) atoms. The molecule has 0 aliphatic rings. The van der Waals surface area contributed by atoms with Gasteiger partial charge in [-0.05, 0) is 29.7 Å². The third-order valence-electron chi connectivity index (χ3n) is 3.86. The zero-order chi connectivity index (χ0) is 16.5. The van der Waals surface area contributed by atoms with Crippen molar-refractivity contribution in [2.75, 3.05) is 5.32 Å². The van der Waals surface area contributed by atoms with Crippen LogP contribution in [0.3, 0.4) is 0 Å². The van der Waals surface area contributed by atoms with Crippen LogP contribution in [0.5, 0.6) is 0 Å². The topological polar surface area (TPSA) is 12.0 Å². The van der Waals surface area contributed by atoms with E-state index in [2.05, 4.69) is 77.8 Å². The summed E-state index contributed by atoms with van der Waals surface area (Å²) in [6, 6.07) is 29.1. The highest BCUT2D eigenvalue weighted by atomic mass is 14.9. The average molecular weight is 311 g/mol. The Morgan fingerprint density at radius 1 is 0.667 bits per heavy atom. The number of nitrogens with one attached hydrogen (secondary N) is 1. The number of aryl methyl sites for hydroxylation is 1. The highest BCUT2D eigenvalue weighted by Gasteiger charge is 1.98. The van der Waals surface area contributed by atoms with Crippen LogP contribution < -0.4 is 5.32 Å². The summed E-state index contributed by atoms with van der Waals surface area (Å²) in [7, 11) is 0. The van der Waals surface area contributed by atoms with Gasteiger partial charge in [-0.25, -0.2) is 0 Å². The van der Waals surface area contributed by atoms with Gasteiger partial charge in [-0.15, -0.1) is 0 Å². The van der Waals surface area contributed by atoms with E-state index in [-0.39, 0.29) is 0 Å². The Kier molecular flexibility index (Phi) is 5.70. The first-order chi connectivity index (χ1) is 11.9. The maximum Gasteiger partial charge on any atom is 0.0501 e. The van der Waals surface area contributed by atoms with Crippen LogP contribution in [0.15, 0.2) is 84.9 Å². The Balaban J connectivity index is 1.61. The van der Waals surface area contributed by atoms with E-state index in [0.717, 1.165) is 30.6 Å². The first kappa shape index (κ1) is 15.9. The zero-order valence-corrected chi connectivity index (χ0v) is 13.7. The molecule has 3 rings (SSSR count). The van der Waals surface area contributed by atoms with Gasteiger partial charge in [-0.1, -0.05) is 84.6 Å². The van der Waals surface area contributed by atoms with Gasteiger partial charge >= 0.3 is 0 Å². The maximum atomic E-state index is 3.49. The largest absolute Gasteiger partial charge is 0.380 e. The molecule has 0 aliphatic carbocycles. The van der Waals surface area contributed by atoms with E-state index in [9.17, 15) is 0 Å². The molecular formula is C23H21N. The van der Waals surface area contributed by atoms with E-state index in [4.69, 9.17) is 0 Å². The molecule has 0 saturated carbocycles. The van der Waals surface area contributed by atoms with Crippen LogP contribution in [0, 0.1) is 11.8 Å². The molecule has 0 bridgehead atoms. The lowest BCUT2D eigenvalue weighted by Crippen LogP contribution is -2.00. The molecule has 0 radical (unpaired) electrons. The van der Waals surface area contributed by atoms with Gasteiger partial charge in [0.1, 0.15) is 0 Å². The van der Waals surface area contributed by atoms with Crippen molar-refractivity contribution in [1.29, 1.82) is 0 Å². The van der Waals surface area contributed by atoms with Crippen molar-refractivity contribution in [3.05, 3.63) is 102 Å². The van der Waals surface area contributed by atoms with Gasteiger partial charge in [0.25, 0.3) is 0 Å². The van der Waals surface area contributed by atoms with E-state index < -0.39 is 0 Å². The van der Waals surface area contributed by atoms with Crippen molar-refractivity contribution in [2.24, 2.45) is 0 Å². The second-order valence-corrected chi connectivity index (χ2v) is 5.67. The molecule has 0 spiro atoms. The third-order valence-corrected chi connectivity index (χ3v) is 3.86. The number of hydrogen-bond acceptors (Lipinski definition) is 1. The van der Waals surface area contributed by atoms with Crippen molar-refractivity contribution >= 4 is 5.69 Å². The Morgan fingerprint density at radius 3 is 2.04 bits per heavy atom. The Labute approximate surface area is 144 Å². The number of para-hydroxylation sites is 1. The minimum atomic E-state index is 0.809. The van der Waals surface area contributed by atoms with Crippen LogP contribution in [-0.2, 0) is 13.0 Å². The summed E-state index contributed by atoms with van der Waals surface area (Å²) in [5, 5.41) is 3.49. The summed E-state index contributed by atoms with van der Waals surface area (Å²) in [5.41, 5.74) is 4.75. The van der Waals surface area contributed by atoms with Crippen molar-refractivity contribution in [2.45, 2.75) is 19.4 Å². The van der Waals surface area contributed by atoms with Gasteiger partial charge < -0.3 is 5.32 Å². The average Bonchev–Trinajstić information content (AvgIpc) is 2.66. The molecule has 0 amide bonds. The standard InChI is InChI=1S/C23H21N/c1-3-11-20(12-4-1)13-7-8-16-22-17-9-10-18-23(22)24-19-21-14-5-2-6-15-21/h1-6,9-12,14-15,17-18,24H,7,13,19H2. The molecule has 0 fully saturated rings. The van der Waals surface area contributed by atoms with E-state index in [1.54, 1.807) is 0 Å². The fraction of sp³-hybridized carbons (Fsp3) is 0.130. The van der Waals surface area contributed by atoms with Crippen LogP contribution in [0.4, 0.5) is 5.69 Å². The number of hydrogen-bond donors (Lipinski definition) is 1. The highest BCUT2D eigenvalue weighted by molar-refractivity contribution is 5.59. The third kappa shape index (κ3) is 4.76. The summed E-state index contributed by atoms with van der Waals surface area (Å²) in [5.74, 6) is 6.61. The Hall–Kier alpha value is -2.98. The van der Waals surface area contributed by atoms with E-state index in [0.29, 0.717) is 0 Å². The smallest absolute Gasteiger partial charge is 0.0501 e. The number of rotatable bonds is 5. The fourth-order valence-corrected chi connectivity index (χ4v) is 2.55. The molecule has 1 nitrogen and oxygen atoms in total. The molecule has 0 atom stereocenters. The van der Waals surface area contributed by atoms with Crippen LogP contribution >= 0.6 is 0 Å². The molecule has 0 saturated heterocycles. The molecule has 118 valence electrons. The van der Waals surface area contributed by atoms with Crippen LogP contribution in [-0.4, -0.2) is 0 Å². The van der Waals surface area contributed by atoms with Gasteiger partial charge in [-0.3, -0.25) is 0 Å². The Bertz CT molecular complexity index is 811. The second kappa shape index (κ2) is 8.60. The van der Waals surface area contributed by atoms with E-state index >= 15 is 0 Å². The predicted molar refractivity (Wildman–Crippen MR) is 102 cm³/mol. The first-order valence-electron chi connectivity index (χ1n) is 8.31. The molecular weight excluding hydrogens is 290 g/mol. The van der Waals surface area contributed by atoms with E-state index in [1.165, 1.54) is 11.1 Å². The molecule has 1 N–H and O–H groups in total. The monoisotopic (exact) mass is 311 g/mol. The lowest BCUT2D eigenvalue weighted by Gasteiger charge is -2.08. The molecule has 3 aromatic rings. The van der Waals surface area contributed by atoms with Gasteiger partial charge in [-0.2, -0.15) is 0 Å². The van der Waals surface area contributed by atoms with Gasteiger partial charge in [0, 0.05) is 18.5 Å². The molecule has 0 aromatic heterocycles. The van der Waals surface area contributed by atoms with Crippen LogP contribution in [0.1, 0.15) is 23.1 Å². The SMILES string of the molecule is C(#Cc1ccccc1NCc1ccccc1)CCc1ccccc1. The zero-order valence-electron chi connectivity index (χ0n) is 13.7. The molecule has 0 unspecified atom stereocenters.